The molecule has 10 heteroatoms. The number of aromatic nitrogens is 2. The number of amides is 2. The van der Waals surface area contributed by atoms with E-state index < -0.39 is 17.7 Å². The van der Waals surface area contributed by atoms with Crippen LogP contribution >= 0.6 is 0 Å². The third kappa shape index (κ3) is 6.41. The van der Waals surface area contributed by atoms with Crippen LogP contribution in [0, 0.1) is 0 Å². The summed E-state index contributed by atoms with van der Waals surface area (Å²) in [6.45, 7) is 8.16. The molecule has 1 atom stereocenters. The van der Waals surface area contributed by atoms with E-state index in [0.717, 1.165) is 5.56 Å². The van der Waals surface area contributed by atoms with Crippen molar-refractivity contribution in [2.24, 2.45) is 4.99 Å². The third-order valence-electron chi connectivity index (χ3n) is 4.89. The molecule has 0 spiro atoms. The molecule has 0 saturated heterocycles. The molecule has 0 aliphatic carbocycles. The number of benzene rings is 1. The molecule has 1 aromatic heterocycles. The quantitative estimate of drug-likeness (QED) is 0.436. The average Bonchev–Trinajstić information content (AvgIpc) is 3.19. The average molecular weight is 455 g/mol. The zero-order chi connectivity index (χ0) is 24.0. The topological polar surface area (TPSA) is 127 Å². The van der Waals surface area contributed by atoms with Gasteiger partial charge in [0, 0.05) is 19.5 Å². The number of carbonyl (C=O) groups is 2. The lowest BCUT2D eigenvalue weighted by Gasteiger charge is -2.18. The second kappa shape index (κ2) is 10.3. The van der Waals surface area contributed by atoms with Crippen molar-refractivity contribution in [3.63, 3.8) is 0 Å². The minimum Gasteiger partial charge on any atom is -0.444 e. The molecule has 33 heavy (non-hydrogen) atoms. The van der Waals surface area contributed by atoms with Gasteiger partial charge in [0.1, 0.15) is 23.2 Å². The lowest BCUT2D eigenvalue weighted by molar-refractivity contribution is -0.124. The van der Waals surface area contributed by atoms with Crippen molar-refractivity contribution in [3.05, 3.63) is 52.2 Å². The van der Waals surface area contributed by atoms with Crippen LogP contribution in [0.2, 0.25) is 0 Å². The predicted octanol–water partition coefficient (Wildman–Crippen LogP) is 2.66. The maximum Gasteiger partial charge on any atom is 0.412 e. The molecule has 1 aromatic carbocycles. The van der Waals surface area contributed by atoms with Gasteiger partial charge in [-0.05, 0) is 51.8 Å². The van der Waals surface area contributed by atoms with Crippen molar-refractivity contribution in [3.8, 4) is 0 Å². The molecule has 0 unspecified atom stereocenters. The Balaban J connectivity index is 1.55. The highest BCUT2D eigenvalue weighted by atomic mass is 16.6. The van der Waals surface area contributed by atoms with Gasteiger partial charge in [0.15, 0.2) is 0 Å². The van der Waals surface area contributed by atoms with Gasteiger partial charge in [-0.2, -0.15) is 0 Å². The van der Waals surface area contributed by atoms with Crippen molar-refractivity contribution >= 4 is 29.7 Å². The van der Waals surface area contributed by atoms with Crippen molar-refractivity contribution in [1.29, 1.82) is 0 Å². The van der Waals surface area contributed by atoms with Gasteiger partial charge in [0.2, 0.25) is 5.91 Å². The number of rotatable bonds is 7. The van der Waals surface area contributed by atoms with Gasteiger partial charge in [-0.25, -0.2) is 14.8 Å². The fourth-order valence-electron chi connectivity index (χ4n) is 3.44. The number of ether oxygens (including phenoxy) is 1. The Labute approximate surface area is 192 Å². The van der Waals surface area contributed by atoms with Crippen LogP contribution in [0.4, 0.5) is 16.2 Å². The van der Waals surface area contributed by atoms with Crippen LogP contribution in [-0.2, 0) is 22.5 Å². The summed E-state index contributed by atoms with van der Waals surface area (Å²) in [5.41, 5.74) is 1.12. The fraction of sp³-hybridized carbons (Fsp3) is 0.435. The summed E-state index contributed by atoms with van der Waals surface area (Å²) >= 11 is 0. The standard InChI is InChI=1S/C23H30N6O4/c1-5-24-17-13-25-19-11-10-18(29(19)21(17)31)20(30)26-12-15-6-8-16(9-7-15)27-14-28-22(32)33-23(2,3)4/h6-9,13-14,18,24H,5,10-12H2,1-4H3,(H,26,30)(H,27,28,32)/t18-/m0/s1. The fourth-order valence-corrected chi connectivity index (χ4v) is 3.44. The number of nitrogens with zero attached hydrogens (tertiary/aromatic N) is 3. The molecule has 10 nitrogen and oxygen atoms in total. The molecule has 0 radical (unpaired) electrons. The van der Waals surface area contributed by atoms with E-state index in [-0.39, 0.29) is 11.5 Å². The van der Waals surface area contributed by atoms with Crippen LogP contribution < -0.4 is 21.5 Å². The largest absolute Gasteiger partial charge is 0.444 e. The van der Waals surface area contributed by atoms with Gasteiger partial charge in [-0.15, -0.1) is 0 Å². The van der Waals surface area contributed by atoms with Crippen LogP contribution in [0.3, 0.4) is 0 Å². The molecule has 2 aromatic rings. The van der Waals surface area contributed by atoms with Gasteiger partial charge in [-0.1, -0.05) is 12.1 Å². The minimum atomic E-state index is -0.580. The van der Waals surface area contributed by atoms with Crippen molar-refractivity contribution in [2.75, 3.05) is 11.9 Å². The molecule has 2 heterocycles. The maximum absolute atomic E-state index is 12.8. The second-order valence-electron chi connectivity index (χ2n) is 8.64. The molecular weight excluding hydrogens is 424 g/mol. The Morgan fingerprint density at radius 1 is 1.27 bits per heavy atom. The van der Waals surface area contributed by atoms with Crippen LogP contribution in [0.1, 0.15) is 51.5 Å². The van der Waals surface area contributed by atoms with Crippen LogP contribution in [-0.4, -0.2) is 40.0 Å². The van der Waals surface area contributed by atoms with E-state index in [1.54, 1.807) is 32.9 Å². The van der Waals surface area contributed by atoms with Crippen LogP contribution in [0.25, 0.3) is 0 Å². The first-order valence-corrected chi connectivity index (χ1v) is 10.9. The molecule has 1 aliphatic heterocycles. The highest BCUT2D eigenvalue weighted by Crippen LogP contribution is 2.23. The molecule has 2 amide bonds. The molecule has 0 fully saturated rings. The number of hydrogen-bond donors (Lipinski definition) is 3. The number of anilines is 1. The first-order valence-electron chi connectivity index (χ1n) is 10.9. The SMILES string of the molecule is CCNc1cnc2n(c1=O)[C@H](C(=O)NCc1ccc(N=CNC(=O)OC(C)(C)C)cc1)CC2. The normalized spacial score (nSPS) is 15.2. The summed E-state index contributed by atoms with van der Waals surface area (Å²) in [4.78, 5) is 45.6. The van der Waals surface area contributed by atoms with E-state index in [9.17, 15) is 14.4 Å². The molecule has 3 N–H and O–H groups in total. The molecule has 3 rings (SSSR count). The molecule has 0 bridgehead atoms. The molecule has 176 valence electrons. The third-order valence-corrected chi connectivity index (χ3v) is 4.89. The zero-order valence-corrected chi connectivity index (χ0v) is 19.3. The van der Waals surface area contributed by atoms with Gasteiger partial charge >= 0.3 is 6.09 Å². The van der Waals surface area contributed by atoms with E-state index >= 15 is 0 Å². The number of nitrogens with one attached hydrogen (secondary N) is 3. The predicted molar refractivity (Wildman–Crippen MR) is 126 cm³/mol. The zero-order valence-electron chi connectivity index (χ0n) is 19.3. The monoisotopic (exact) mass is 454 g/mol. The number of aliphatic imine (C=N–C) groups is 1. The molecule has 1 aliphatic rings. The van der Waals surface area contributed by atoms with E-state index in [4.69, 9.17) is 4.74 Å². The molecule has 0 saturated carbocycles. The molecular formula is C23H30N6O4. The van der Waals surface area contributed by atoms with Gasteiger partial charge in [0.05, 0.1) is 18.2 Å². The van der Waals surface area contributed by atoms with Gasteiger partial charge in [-0.3, -0.25) is 19.5 Å². The van der Waals surface area contributed by atoms with E-state index in [1.807, 2.05) is 19.1 Å². The van der Waals surface area contributed by atoms with E-state index in [0.29, 0.717) is 43.1 Å². The number of carbonyl (C=O) groups excluding carboxylic acids is 2. The lowest BCUT2D eigenvalue weighted by Crippen LogP contribution is -2.36. The second-order valence-corrected chi connectivity index (χ2v) is 8.64. The highest BCUT2D eigenvalue weighted by molar-refractivity contribution is 5.83. The Morgan fingerprint density at radius 3 is 2.67 bits per heavy atom. The maximum atomic E-state index is 12.8. The highest BCUT2D eigenvalue weighted by Gasteiger charge is 2.30. The number of hydrogen-bond acceptors (Lipinski definition) is 7. The van der Waals surface area contributed by atoms with Crippen LogP contribution in [0.15, 0.2) is 40.2 Å². The van der Waals surface area contributed by atoms with Crippen molar-refractivity contribution < 1.29 is 14.3 Å². The lowest BCUT2D eigenvalue weighted by atomic mass is 10.1. The first kappa shape index (κ1) is 24.0. The summed E-state index contributed by atoms with van der Waals surface area (Å²) in [7, 11) is 0. The Hall–Kier alpha value is -3.69. The summed E-state index contributed by atoms with van der Waals surface area (Å²) in [5.74, 6) is 0.416. The Kier molecular flexibility index (Phi) is 7.47. The van der Waals surface area contributed by atoms with E-state index in [1.165, 1.54) is 17.1 Å². The van der Waals surface area contributed by atoms with Gasteiger partial charge < -0.3 is 15.4 Å². The van der Waals surface area contributed by atoms with E-state index in [2.05, 4.69) is 25.9 Å². The first-order chi connectivity index (χ1) is 15.7. The van der Waals surface area contributed by atoms with Crippen molar-refractivity contribution in [2.45, 2.75) is 58.7 Å². The van der Waals surface area contributed by atoms with Crippen LogP contribution in [0.5, 0.6) is 0 Å². The summed E-state index contributed by atoms with van der Waals surface area (Å²) in [6, 6.07) is 6.65. The smallest absolute Gasteiger partial charge is 0.412 e. The summed E-state index contributed by atoms with van der Waals surface area (Å²) < 4.78 is 6.62. The summed E-state index contributed by atoms with van der Waals surface area (Å²) in [6.07, 6.45) is 3.36. The number of fused-ring (bicyclic) bond motifs is 1. The number of alkyl carbamates (subject to hydrolysis) is 1. The Morgan fingerprint density at radius 2 is 2.00 bits per heavy atom. The van der Waals surface area contributed by atoms with Crippen molar-refractivity contribution in [1.82, 2.24) is 20.2 Å². The Bertz CT molecular complexity index is 1090. The number of aryl methyl sites for hydroxylation is 1. The summed E-state index contributed by atoms with van der Waals surface area (Å²) in [5, 5.41) is 8.34. The van der Waals surface area contributed by atoms with Gasteiger partial charge in [0.25, 0.3) is 5.56 Å². The minimum absolute atomic E-state index is 0.213.